The highest BCUT2D eigenvalue weighted by atomic mass is 35.5. The molecule has 1 aliphatic heterocycles. The second-order valence-corrected chi connectivity index (χ2v) is 6.92. The standard InChI is InChI=1S/C21H23ClN2O3/c22-17-9-7-16(8-10-17)21(26)23-19-5-2-1-4-18(19)20(25)6-3-11-24-12-14-27-15-13-24/h1-2,4-5,7-10H,3,6,11-15H2,(H,23,26). The summed E-state index contributed by atoms with van der Waals surface area (Å²) in [7, 11) is 0. The van der Waals surface area contributed by atoms with Gasteiger partial charge in [-0.3, -0.25) is 14.5 Å². The minimum Gasteiger partial charge on any atom is -0.379 e. The number of hydrogen-bond acceptors (Lipinski definition) is 4. The van der Waals surface area contributed by atoms with Crippen LogP contribution in [0.2, 0.25) is 5.02 Å². The molecule has 2 aromatic rings. The van der Waals surface area contributed by atoms with Gasteiger partial charge < -0.3 is 10.1 Å². The Morgan fingerprint density at radius 2 is 1.74 bits per heavy atom. The lowest BCUT2D eigenvalue weighted by atomic mass is 10.0. The van der Waals surface area contributed by atoms with E-state index in [0.29, 0.717) is 28.3 Å². The maximum Gasteiger partial charge on any atom is 0.255 e. The Kier molecular flexibility index (Phi) is 6.98. The lowest BCUT2D eigenvalue weighted by Gasteiger charge is -2.26. The molecule has 5 nitrogen and oxygen atoms in total. The number of carbonyl (C=O) groups is 2. The number of nitrogens with zero attached hydrogens (tertiary/aromatic N) is 1. The normalized spacial score (nSPS) is 14.7. The number of Topliss-reactive ketones (excluding diaryl/α,β-unsaturated/α-hetero) is 1. The Morgan fingerprint density at radius 1 is 1.04 bits per heavy atom. The van der Waals surface area contributed by atoms with E-state index >= 15 is 0 Å². The molecule has 0 saturated carbocycles. The van der Waals surface area contributed by atoms with Gasteiger partial charge in [0.1, 0.15) is 0 Å². The number of ketones is 1. The van der Waals surface area contributed by atoms with Crippen molar-refractivity contribution in [2.24, 2.45) is 0 Å². The summed E-state index contributed by atoms with van der Waals surface area (Å²) < 4.78 is 5.34. The predicted molar refractivity (Wildman–Crippen MR) is 107 cm³/mol. The molecule has 2 aromatic carbocycles. The minimum atomic E-state index is -0.264. The average molecular weight is 387 g/mol. The number of nitrogens with one attached hydrogen (secondary N) is 1. The van der Waals surface area contributed by atoms with E-state index in [1.165, 1.54) is 0 Å². The van der Waals surface area contributed by atoms with Crippen molar-refractivity contribution in [3.63, 3.8) is 0 Å². The van der Waals surface area contributed by atoms with Gasteiger partial charge in [-0.1, -0.05) is 23.7 Å². The number of ether oxygens (including phenoxy) is 1. The number of anilines is 1. The maximum atomic E-state index is 12.7. The quantitative estimate of drug-likeness (QED) is 0.733. The molecule has 1 fully saturated rings. The van der Waals surface area contributed by atoms with E-state index in [4.69, 9.17) is 16.3 Å². The first kappa shape index (κ1) is 19.5. The van der Waals surface area contributed by atoms with Gasteiger partial charge >= 0.3 is 0 Å². The molecule has 1 saturated heterocycles. The third-order valence-electron chi connectivity index (χ3n) is 4.56. The lowest BCUT2D eigenvalue weighted by molar-refractivity contribution is 0.0371. The maximum absolute atomic E-state index is 12.7. The van der Waals surface area contributed by atoms with Gasteiger partial charge in [0.05, 0.1) is 18.9 Å². The Bertz CT molecular complexity index is 786. The fraction of sp³-hybridized carbons (Fsp3) is 0.333. The van der Waals surface area contributed by atoms with Crippen LogP contribution < -0.4 is 5.32 Å². The molecular weight excluding hydrogens is 364 g/mol. The Morgan fingerprint density at radius 3 is 2.48 bits per heavy atom. The number of carbonyl (C=O) groups excluding carboxylic acids is 2. The van der Waals surface area contributed by atoms with Gasteiger partial charge in [-0.15, -0.1) is 0 Å². The molecule has 0 atom stereocenters. The van der Waals surface area contributed by atoms with E-state index in [0.717, 1.165) is 39.3 Å². The van der Waals surface area contributed by atoms with E-state index in [-0.39, 0.29) is 11.7 Å². The summed E-state index contributed by atoms with van der Waals surface area (Å²) in [6, 6.07) is 13.8. The smallest absolute Gasteiger partial charge is 0.255 e. The number of halogens is 1. The van der Waals surface area contributed by atoms with Crippen molar-refractivity contribution >= 4 is 29.0 Å². The largest absolute Gasteiger partial charge is 0.379 e. The average Bonchev–Trinajstić information content (AvgIpc) is 2.69. The molecule has 0 radical (unpaired) electrons. The summed E-state index contributed by atoms with van der Waals surface area (Å²) >= 11 is 5.86. The van der Waals surface area contributed by atoms with Gasteiger partial charge in [-0.2, -0.15) is 0 Å². The summed E-state index contributed by atoms with van der Waals surface area (Å²) in [6.45, 7) is 4.24. The second-order valence-electron chi connectivity index (χ2n) is 6.49. The monoisotopic (exact) mass is 386 g/mol. The zero-order valence-corrected chi connectivity index (χ0v) is 15.9. The van der Waals surface area contributed by atoms with Crippen LogP contribution in [0.15, 0.2) is 48.5 Å². The Balaban J connectivity index is 1.59. The van der Waals surface area contributed by atoms with Crippen molar-refractivity contribution in [2.75, 3.05) is 38.2 Å². The molecule has 0 aromatic heterocycles. The minimum absolute atomic E-state index is 0.0373. The van der Waals surface area contributed by atoms with Crippen molar-refractivity contribution in [1.82, 2.24) is 4.90 Å². The molecule has 1 heterocycles. The van der Waals surface area contributed by atoms with Gasteiger partial charge in [0, 0.05) is 35.7 Å². The van der Waals surface area contributed by atoms with Crippen LogP contribution in [0.1, 0.15) is 33.6 Å². The van der Waals surface area contributed by atoms with Crippen LogP contribution in [-0.2, 0) is 4.74 Å². The van der Waals surface area contributed by atoms with Gasteiger partial charge in [0.25, 0.3) is 5.91 Å². The lowest BCUT2D eigenvalue weighted by Crippen LogP contribution is -2.36. The summed E-state index contributed by atoms with van der Waals surface area (Å²) in [5, 5.41) is 3.41. The van der Waals surface area contributed by atoms with Crippen molar-refractivity contribution in [3.8, 4) is 0 Å². The molecule has 0 unspecified atom stereocenters. The number of rotatable bonds is 7. The van der Waals surface area contributed by atoms with Crippen LogP contribution in [0.4, 0.5) is 5.69 Å². The molecular formula is C21H23ClN2O3. The summed E-state index contributed by atoms with van der Waals surface area (Å²) in [5.74, 6) is -0.226. The van der Waals surface area contributed by atoms with E-state index in [1.54, 1.807) is 36.4 Å². The molecule has 3 rings (SSSR count). The third-order valence-corrected chi connectivity index (χ3v) is 4.82. The van der Waals surface area contributed by atoms with Crippen molar-refractivity contribution in [2.45, 2.75) is 12.8 Å². The molecule has 1 aliphatic rings. The Hall–Kier alpha value is -2.21. The molecule has 1 amide bonds. The number of benzene rings is 2. The fourth-order valence-electron chi connectivity index (χ4n) is 3.05. The number of morpholine rings is 1. The van der Waals surface area contributed by atoms with E-state index < -0.39 is 0 Å². The third kappa shape index (κ3) is 5.63. The molecule has 0 spiro atoms. The van der Waals surface area contributed by atoms with Crippen LogP contribution in [0.3, 0.4) is 0 Å². The number of amides is 1. The summed E-state index contributed by atoms with van der Waals surface area (Å²) in [5.41, 5.74) is 1.57. The van der Waals surface area contributed by atoms with Crippen LogP contribution in [-0.4, -0.2) is 49.4 Å². The molecule has 6 heteroatoms. The topological polar surface area (TPSA) is 58.6 Å². The first-order chi connectivity index (χ1) is 13.1. The van der Waals surface area contributed by atoms with Crippen LogP contribution in [0, 0.1) is 0 Å². The summed E-state index contributed by atoms with van der Waals surface area (Å²) in [6.07, 6.45) is 1.24. The number of para-hydroxylation sites is 1. The highest BCUT2D eigenvalue weighted by molar-refractivity contribution is 6.30. The molecule has 142 valence electrons. The van der Waals surface area contributed by atoms with Crippen LogP contribution in [0.25, 0.3) is 0 Å². The van der Waals surface area contributed by atoms with Crippen LogP contribution in [0.5, 0.6) is 0 Å². The fourth-order valence-corrected chi connectivity index (χ4v) is 3.18. The molecule has 0 aliphatic carbocycles. The molecule has 27 heavy (non-hydrogen) atoms. The second kappa shape index (κ2) is 9.65. The van der Waals surface area contributed by atoms with Crippen molar-refractivity contribution in [1.29, 1.82) is 0 Å². The van der Waals surface area contributed by atoms with Crippen molar-refractivity contribution < 1.29 is 14.3 Å². The van der Waals surface area contributed by atoms with Gasteiger partial charge in [0.2, 0.25) is 0 Å². The SMILES string of the molecule is O=C(Nc1ccccc1C(=O)CCCN1CCOCC1)c1ccc(Cl)cc1. The van der Waals surface area contributed by atoms with Crippen molar-refractivity contribution in [3.05, 3.63) is 64.7 Å². The highest BCUT2D eigenvalue weighted by Crippen LogP contribution is 2.19. The van der Waals surface area contributed by atoms with Gasteiger partial charge in [-0.05, 0) is 49.4 Å². The predicted octanol–water partition coefficient (Wildman–Crippen LogP) is 3.89. The van der Waals surface area contributed by atoms with E-state index in [2.05, 4.69) is 10.2 Å². The van der Waals surface area contributed by atoms with E-state index in [1.807, 2.05) is 12.1 Å². The van der Waals surface area contributed by atoms with Gasteiger partial charge in [-0.25, -0.2) is 0 Å². The zero-order chi connectivity index (χ0) is 19.1. The zero-order valence-electron chi connectivity index (χ0n) is 15.1. The number of hydrogen-bond donors (Lipinski definition) is 1. The molecule has 0 bridgehead atoms. The summed E-state index contributed by atoms with van der Waals surface area (Å²) in [4.78, 5) is 27.4. The van der Waals surface area contributed by atoms with Crippen LogP contribution >= 0.6 is 11.6 Å². The van der Waals surface area contributed by atoms with E-state index in [9.17, 15) is 9.59 Å². The molecule has 1 N–H and O–H groups in total. The first-order valence-electron chi connectivity index (χ1n) is 9.13. The van der Waals surface area contributed by atoms with Gasteiger partial charge in [0.15, 0.2) is 5.78 Å². The first-order valence-corrected chi connectivity index (χ1v) is 9.50. The highest BCUT2D eigenvalue weighted by Gasteiger charge is 2.15. The Labute approximate surface area is 164 Å².